The number of methoxy groups -OCH3 is 1. The third kappa shape index (κ3) is 3.42. The highest BCUT2D eigenvalue weighted by Gasteiger charge is 2.33. The molecule has 122 valence electrons. The molecule has 0 radical (unpaired) electrons. The highest BCUT2D eigenvalue weighted by Crippen LogP contribution is 2.29. The molecule has 0 unspecified atom stereocenters. The van der Waals surface area contributed by atoms with Crippen molar-refractivity contribution in [2.24, 2.45) is 0 Å². The number of allylic oxidation sites excluding steroid dienone is 2. The van der Waals surface area contributed by atoms with Crippen LogP contribution >= 0.6 is 11.8 Å². The molecule has 0 bridgehead atoms. The summed E-state index contributed by atoms with van der Waals surface area (Å²) in [6.45, 7) is 0.261. The van der Waals surface area contributed by atoms with Crippen LogP contribution in [0.4, 0.5) is 4.79 Å². The van der Waals surface area contributed by atoms with Gasteiger partial charge in [-0.15, -0.1) is 11.8 Å². The molecule has 0 saturated carbocycles. The first kappa shape index (κ1) is 16.7. The quantitative estimate of drug-likeness (QED) is 0.650. The molecule has 1 aliphatic carbocycles. The van der Waals surface area contributed by atoms with Crippen LogP contribution in [0.5, 0.6) is 0 Å². The van der Waals surface area contributed by atoms with Gasteiger partial charge in [0.2, 0.25) is 11.6 Å². The van der Waals surface area contributed by atoms with E-state index in [4.69, 9.17) is 0 Å². The van der Waals surface area contributed by atoms with Gasteiger partial charge in [-0.05, 0) is 0 Å². The van der Waals surface area contributed by atoms with Crippen LogP contribution in [-0.4, -0.2) is 60.2 Å². The van der Waals surface area contributed by atoms with E-state index >= 15 is 0 Å². The zero-order valence-corrected chi connectivity index (χ0v) is 13.2. The number of carbonyl (C=O) groups is 4. The first-order valence-electron chi connectivity index (χ1n) is 6.55. The van der Waals surface area contributed by atoms with E-state index in [2.05, 4.69) is 25.6 Å². The number of fused-ring (bicyclic) bond motifs is 1. The van der Waals surface area contributed by atoms with Gasteiger partial charge < -0.3 is 15.4 Å². The average molecular weight is 338 g/mol. The Labute approximate surface area is 135 Å². The number of nitrogens with one attached hydrogen (secondary N) is 3. The highest BCUT2D eigenvalue weighted by atomic mass is 32.2. The molecule has 3 N–H and O–H groups in total. The molecular formula is C13H14N4O5S. The fourth-order valence-electron chi connectivity index (χ4n) is 1.90. The number of alkyl carbamates (subject to hydrolysis) is 1. The molecule has 0 fully saturated rings. The first-order chi connectivity index (χ1) is 11.0. The van der Waals surface area contributed by atoms with E-state index in [1.165, 1.54) is 20.2 Å². The first-order valence-corrected chi connectivity index (χ1v) is 7.54. The van der Waals surface area contributed by atoms with Gasteiger partial charge in [-0.1, -0.05) is 0 Å². The summed E-state index contributed by atoms with van der Waals surface area (Å²) in [7, 11) is 2.65. The summed E-state index contributed by atoms with van der Waals surface area (Å²) in [6, 6.07) is 0. The van der Waals surface area contributed by atoms with Crippen LogP contribution in [0.15, 0.2) is 11.0 Å². The van der Waals surface area contributed by atoms with Crippen molar-refractivity contribution >= 4 is 35.3 Å². The number of nitrogens with zero attached hydrogens (tertiary/aromatic N) is 1. The summed E-state index contributed by atoms with van der Waals surface area (Å²) in [5, 5.41) is 11.0. The molecule has 9 nitrogen and oxygen atoms in total. The number of ether oxygens (including phenoxy) is 1. The Hall–Kier alpha value is -2.62. The van der Waals surface area contributed by atoms with Gasteiger partial charge >= 0.3 is 6.09 Å². The lowest BCUT2D eigenvalue weighted by molar-refractivity contribution is 0.0945. The van der Waals surface area contributed by atoms with Crippen molar-refractivity contribution < 1.29 is 23.9 Å². The molecule has 2 amide bonds. The van der Waals surface area contributed by atoms with Gasteiger partial charge in [0.05, 0.1) is 17.6 Å². The Morgan fingerprint density at radius 2 is 2.13 bits per heavy atom. The minimum Gasteiger partial charge on any atom is -0.453 e. The Balaban J connectivity index is 2.11. The Morgan fingerprint density at radius 1 is 1.39 bits per heavy atom. The summed E-state index contributed by atoms with van der Waals surface area (Å²) in [5.41, 5.74) is -0.134. The van der Waals surface area contributed by atoms with E-state index in [1.807, 2.05) is 0 Å². The van der Waals surface area contributed by atoms with Gasteiger partial charge in [0.15, 0.2) is 5.69 Å². The lowest BCUT2D eigenvalue weighted by atomic mass is 9.99. The molecule has 0 atom stereocenters. The maximum absolute atomic E-state index is 12.5. The lowest BCUT2D eigenvalue weighted by Gasteiger charge is -2.12. The Morgan fingerprint density at radius 3 is 2.78 bits per heavy atom. The van der Waals surface area contributed by atoms with Crippen LogP contribution in [0.1, 0.15) is 31.3 Å². The molecule has 0 aromatic carbocycles. The van der Waals surface area contributed by atoms with Crippen LogP contribution in [-0.2, 0) is 4.74 Å². The molecule has 1 aromatic rings. The second-order valence-corrected chi connectivity index (χ2v) is 5.51. The van der Waals surface area contributed by atoms with Crippen molar-refractivity contribution in [3.63, 3.8) is 0 Å². The standard InChI is InChI=1S/C13H14N4O5S/c1-14-12(20)10-8-9(16-17-10)6(18)5-7(11(8)19)23-4-3-15-13(21)22-2/h5H,3-4H2,1-2H3,(H,14,20)(H,15,21)(H,16,17). The second kappa shape index (κ2) is 7.09. The van der Waals surface area contributed by atoms with Gasteiger partial charge in [0.25, 0.3) is 5.91 Å². The molecule has 1 aromatic heterocycles. The number of H-pyrrole nitrogens is 1. The van der Waals surface area contributed by atoms with Gasteiger partial charge in [-0.2, -0.15) is 5.10 Å². The third-order valence-corrected chi connectivity index (χ3v) is 4.00. The van der Waals surface area contributed by atoms with Crippen molar-refractivity contribution in [1.82, 2.24) is 20.8 Å². The minimum absolute atomic E-state index is 0.00522. The van der Waals surface area contributed by atoms with Crippen molar-refractivity contribution in [2.75, 3.05) is 26.5 Å². The van der Waals surface area contributed by atoms with E-state index in [0.717, 1.165) is 11.8 Å². The van der Waals surface area contributed by atoms with Gasteiger partial charge in [0.1, 0.15) is 5.69 Å². The van der Waals surface area contributed by atoms with Crippen molar-refractivity contribution in [3.05, 3.63) is 27.9 Å². The highest BCUT2D eigenvalue weighted by molar-refractivity contribution is 8.04. The van der Waals surface area contributed by atoms with E-state index < -0.39 is 23.6 Å². The largest absolute Gasteiger partial charge is 0.453 e. The predicted octanol–water partition coefficient (Wildman–Crippen LogP) is 0.121. The van der Waals surface area contributed by atoms with E-state index in [0.29, 0.717) is 5.75 Å². The minimum atomic E-state index is -0.579. The van der Waals surface area contributed by atoms with Gasteiger partial charge in [0, 0.05) is 25.4 Å². The number of Topliss-reactive ketones (excluding diaryl/α,β-unsaturated/α-hetero) is 1. The molecule has 0 spiro atoms. The smallest absolute Gasteiger partial charge is 0.406 e. The maximum atomic E-state index is 12.5. The summed E-state index contributed by atoms with van der Waals surface area (Å²) in [5.74, 6) is -1.06. The van der Waals surface area contributed by atoms with E-state index in [-0.39, 0.29) is 28.4 Å². The van der Waals surface area contributed by atoms with Gasteiger partial charge in [-0.3, -0.25) is 19.5 Å². The van der Waals surface area contributed by atoms with Crippen molar-refractivity contribution in [3.8, 4) is 0 Å². The van der Waals surface area contributed by atoms with Gasteiger partial charge in [-0.25, -0.2) is 4.79 Å². The summed E-state index contributed by atoms with van der Waals surface area (Å²) >= 11 is 1.10. The zero-order chi connectivity index (χ0) is 17.0. The lowest BCUT2D eigenvalue weighted by Crippen LogP contribution is -2.26. The molecule has 23 heavy (non-hydrogen) atoms. The number of rotatable bonds is 5. The number of amides is 2. The number of hydrogen-bond acceptors (Lipinski definition) is 7. The molecule has 10 heteroatoms. The second-order valence-electron chi connectivity index (χ2n) is 4.37. The van der Waals surface area contributed by atoms with E-state index in [9.17, 15) is 19.2 Å². The maximum Gasteiger partial charge on any atom is 0.406 e. The summed E-state index contributed by atoms with van der Waals surface area (Å²) in [4.78, 5) is 47.3. The predicted molar refractivity (Wildman–Crippen MR) is 81.6 cm³/mol. The van der Waals surface area contributed by atoms with E-state index in [1.54, 1.807) is 0 Å². The number of carbonyl (C=O) groups excluding carboxylic acids is 4. The molecule has 1 heterocycles. The molecule has 0 aliphatic heterocycles. The molecule has 0 saturated heterocycles. The third-order valence-electron chi connectivity index (χ3n) is 2.98. The number of aromatic amines is 1. The molecule has 1 aliphatic rings. The van der Waals surface area contributed by atoms with Crippen LogP contribution in [0.3, 0.4) is 0 Å². The van der Waals surface area contributed by atoms with Crippen LogP contribution in [0, 0.1) is 0 Å². The number of hydrogen-bond donors (Lipinski definition) is 3. The number of ketones is 2. The SMILES string of the molecule is CNC(=O)c1n[nH]c2c1C(=O)C(SCCNC(=O)OC)=CC2=O. The molecule has 2 rings (SSSR count). The topological polar surface area (TPSA) is 130 Å². The zero-order valence-electron chi connectivity index (χ0n) is 12.4. The Kier molecular flexibility index (Phi) is 5.16. The fraction of sp³-hybridized carbons (Fsp3) is 0.308. The van der Waals surface area contributed by atoms with Crippen LogP contribution < -0.4 is 10.6 Å². The number of aromatic nitrogens is 2. The normalized spacial score (nSPS) is 13.2. The van der Waals surface area contributed by atoms with Crippen molar-refractivity contribution in [1.29, 1.82) is 0 Å². The van der Waals surface area contributed by atoms with Crippen LogP contribution in [0.25, 0.3) is 0 Å². The summed E-state index contributed by atoms with van der Waals surface area (Å²) < 4.78 is 4.42. The van der Waals surface area contributed by atoms with Crippen molar-refractivity contribution in [2.45, 2.75) is 0 Å². The van der Waals surface area contributed by atoms with Crippen LogP contribution in [0.2, 0.25) is 0 Å². The fourth-order valence-corrected chi connectivity index (χ4v) is 2.75. The average Bonchev–Trinajstić information content (AvgIpc) is 3.00. The monoisotopic (exact) mass is 338 g/mol. The molecular weight excluding hydrogens is 324 g/mol. The summed E-state index contributed by atoms with van der Waals surface area (Å²) in [6.07, 6.45) is 0.615. The number of thioether (sulfide) groups is 1. The Bertz CT molecular complexity index is 709.